The molecule has 47 heavy (non-hydrogen) atoms. The Labute approximate surface area is 277 Å². The van der Waals surface area contributed by atoms with E-state index in [2.05, 4.69) is 15.4 Å². The minimum absolute atomic E-state index is 0.00503. The molecule has 0 radical (unpaired) electrons. The zero-order valence-electron chi connectivity index (χ0n) is 26.5. The first-order valence-electron chi connectivity index (χ1n) is 15.8. The molecular weight excluding hydrogens is 645 g/mol. The molecule has 2 atom stereocenters. The van der Waals surface area contributed by atoms with Crippen molar-refractivity contribution in [1.29, 1.82) is 0 Å². The number of piperidine rings is 1. The first kappa shape index (κ1) is 35.4. The topological polar surface area (TPSA) is 167 Å². The van der Waals surface area contributed by atoms with Gasteiger partial charge in [-0.1, -0.05) is 42.5 Å². The molecule has 2 unspecified atom stereocenters. The van der Waals surface area contributed by atoms with Gasteiger partial charge in [0.05, 0.1) is 28.6 Å². The normalized spacial score (nSPS) is 19.2. The van der Waals surface area contributed by atoms with Gasteiger partial charge in [-0.05, 0) is 67.3 Å². The largest absolute Gasteiger partial charge is 0.491 e. The summed E-state index contributed by atoms with van der Waals surface area (Å²) in [5, 5.41) is 25.9. The van der Waals surface area contributed by atoms with E-state index >= 15 is 0 Å². The summed E-state index contributed by atoms with van der Waals surface area (Å²) in [5.74, 6) is 0.342. The van der Waals surface area contributed by atoms with Crippen LogP contribution in [0.15, 0.2) is 82.6 Å². The van der Waals surface area contributed by atoms with Gasteiger partial charge in [0, 0.05) is 44.8 Å². The van der Waals surface area contributed by atoms with Crippen LogP contribution in [-0.2, 0) is 31.3 Å². The summed E-state index contributed by atoms with van der Waals surface area (Å²) in [6.07, 6.45) is 1.03. The number of aliphatic hydroxyl groups is 2. The third-order valence-electron chi connectivity index (χ3n) is 8.69. The van der Waals surface area contributed by atoms with Gasteiger partial charge in [-0.15, -0.1) is 0 Å². The number of benzene rings is 3. The summed E-state index contributed by atoms with van der Waals surface area (Å²) in [4.78, 5) is 0.342. The highest BCUT2D eigenvalue weighted by molar-refractivity contribution is 7.89. The second kappa shape index (κ2) is 15.5. The molecule has 12 nitrogen and oxygen atoms in total. The van der Waals surface area contributed by atoms with Crippen molar-refractivity contribution in [3.8, 4) is 16.9 Å². The lowest BCUT2D eigenvalue weighted by Crippen LogP contribution is -2.47. The molecule has 5 N–H and O–H groups in total. The maximum atomic E-state index is 13.6. The van der Waals surface area contributed by atoms with Gasteiger partial charge in [0.2, 0.25) is 20.0 Å². The second-order valence-electron chi connectivity index (χ2n) is 12.0. The standard InChI is InChI=1S/C33H44N4O8S2/c1-34-46(40,41)31-6-3-5-30(19-31)44-24-29(39)22-36-28-20-33(45-23-28)12-15-37(16-13-33)47(42,43)32-7-2-4-27(18-32)26-10-8-25(9-11-26)21-35-14-17-38/h2-11,18-19,28-29,34-36,38-39H,12-17,20-24H2,1H3. The number of sulfonamides is 2. The van der Waals surface area contributed by atoms with E-state index in [1.807, 2.05) is 30.3 Å². The van der Waals surface area contributed by atoms with Crippen molar-refractivity contribution in [3.63, 3.8) is 0 Å². The van der Waals surface area contributed by atoms with Crippen molar-refractivity contribution in [3.05, 3.63) is 78.4 Å². The maximum Gasteiger partial charge on any atom is 0.243 e. The van der Waals surface area contributed by atoms with Gasteiger partial charge in [-0.2, -0.15) is 4.31 Å². The number of ether oxygens (including phenoxy) is 2. The fourth-order valence-corrected chi connectivity index (χ4v) is 8.23. The van der Waals surface area contributed by atoms with E-state index < -0.39 is 31.8 Å². The number of aliphatic hydroxyl groups excluding tert-OH is 2. The Kier molecular flexibility index (Phi) is 11.7. The number of rotatable bonds is 15. The molecule has 0 aromatic heterocycles. The molecule has 2 saturated heterocycles. The van der Waals surface area contributed by atoms with Crippen LogP contribution in [0.1, 0.15) is 24.8 Å². The smallest absolute Gasteiger partial charge is 0.243 e. The van der Waals surface area contributed by atoms with Crippen molar-refractivity contribution in [2.24, 2.45) is 0 Å². The van der Waals surface area contributed by atoms with Crippen LogP contribution in [0.2, 0.25) is 0 Å². The summed E-state index contributed by atoms with van der Waals surface area (Å²) < 4.78 is 67.0. The fourth-order valence-electron chi connectivity index (χ4n) is 5.97. The first-order valence-corrected chi connectivity index (χ1v) is 18.7. The van der Waals surface area contributed by atoms with Crippen molar-refractivity contribution >= 4 is 20.0 Å². The molecule has 2 aliphatic rings. The van der Waals surface area contributed by atoms with Crippen LogP contribution in [-0.4, -0.2) is 102 Å². The molecule has 3 aromatic carbocycles. The van der Waals surface area contributed by atoms with E-state index in [1.54, 1.807) is 30.3 Å². The number of nitrogens with one attached hydrogen (secondary N) is 3. The third-order valence-corrected chi connectivity index (χ3v) is 12.0. The Hall–Kier alpha value is -2.92. The molecule has 3 aromatic rings. The Morgan fingerprint density at radius 1 is 0.979 bits per heavy atom. The van der Waals surface area contributed by atoms with E-state index in [0.717, 1.165) is 16.7 Å². The monoisotopic (exact) mass is 688 g/mol. The van der Waals surface area contributed by atoms with E-state index in [1.165, 1.54) is 23.5 Å². The van der Waals surface area contributed by atoms with E-state index in [9.17, 15) is 21.9 Å². The molecule has 5 rings (SSSR count). The van der Waals surface area contributed by atoms with E-state index in [-0.39, 0.29) is 35.6 Å². The van der Waals surface area contributed by atoms with Crippen molar-refractivity contribution in [2.75, 3.05) is 53.0 Å². The Bertz CT molecular complexity index is 1700. The molecule has 1 spiro atoms. The van der Waals surface area contributed by atoms with E-state index in [0.29, 0.717) is 57.8 Å². The molecule has 14 heteroatoms. The number of hydrogen-bond acceptors (Lipinski definition) is 10. The highest BCUT2D eigenvalue weighted by Gasteiger charge is 2.44. The lowest BCUT2D eigenvalue weighted by Gasteiger charge is -2.38. The summed E-state index contributed by atoms with van der Waals surface area (Å²) in [6.45, 7) is 2.67. The molecule has 2 heterocycles. The fraction of sp³-hybridized carbons (Fsp3) is 0.455. The molecule has 256 valence electrons. The van der Waals surface area contributed by atoms with Gasteiger partial charge in [-0.3, -0.25) is 0 Å². The van der Waals surface area contributed by atoms with Crippen LogP contribution in [0, 0.1) is 0 Å². The highest BCUT2D eigenvalue weighted by Crippen LogP contribution is 2.37. The summed E-state index contributed by atoms with van der Waals surface area (Å²) in [6, 6.07) is 21.0. The van der Waals surface area contributed by atoms with Crippen LogP contribution >= 0.6 is 0 Å². The first-order chi connectivity index (χ1) is 22.5. The predicted molar refractivity (Wildman–Crippen MR) is 178 cm³/mol. The predicted octanol–water partition coefficient (Wildman–Crippen LogP) is 1.69. The lowest BCUT2D eigenvalue weighted by atomic mass is 9.88. The minimum atomic E-state index is -3.69. The van der Waals surface area contributed by atoms with Crippen LogP contribution in [0.4, 0.5) is 0 Å². The molecule has 0 aliphatic carbocycles. The van der Waals surface area contributed by atoms with Crippen LogP contribution in [0.25, 0.3) is 11.1 Å². The third kappa shape index (κ3) is 8.96. The van der Waals surface area contributed by atoms with Gasteiger partial charge in [-0.25, -0.2) is 21.6 Å². The zero-order chi connectivity index (χ0) is 33.5. The second-order valence-corrected chi connectivity index (χ2v) is 15.8. The van der Waals surface area contributed by atoms with Gasteiger partial charge >= 0.3 is 0 Å². The maximum absolute atomic E-state index is 13.6. The highest BCUT2D eigenvalue weighted by atomic mass is 32.2. The van der Waals surface area contributed by atoms with Gasteiger partial charge in [0.25, 0.3) is 0 Å². The zero-order valence-corrected chi connectivity index (χ0v) is 28.1. The van der Waals surface area contributed by atoms with Crippen molar-refractivity contribution in [2.45, 2.75) is 53.3 Å². The molecule has 2 aliphatic heterocycles. The lowest BCUT2D eigenvalue weighted by molar-refractivity contribution is -0.0312. The van der Waals surface area contributed by atoms with Gasteiger partial charge in [0.15, 0.2) is 0 Å². The summed E-state index contributed by atoms with van der Waals surface area (Å²) in [7, 11) is -5.96. The Balaban J connectivity index is 1.09. The SMILES string of the molecule is CNS(=O)(=O)c1cccc(OCC(O)CNC2COC3(CCN(S(=O)(=O)c4cccc(-c5ccc(CNCCO)cc5)c4)CC3)C2)c1. The number of nitrogens with zero attached hydrogens (tertiary/aromatic N) is 1. The average Bonchev–Trinajstić information content (AvgIpc) is 3.49. The summed E-state index contributed by atoms with van der Waals surface area (Å²) in [5.41, 5.74) is 2.41. The molecule has 0 amide bonds. The quantitative estimate of drug-likeness (QED) is 0.148. The van der Waals surface area contributed by atoms with Gasteiger partial charge in [0.1, 0.15) is 18.5 Å². The molecule has 0 bridgehead atoms. The Morgan fingerprint density at radius 3 is 2.43 bits per heavy atom. The van der Waals surface area contributed by atoms with Crippen LogP contribution < -0.4 is 20.1 Å². The van der Waals surface area contributed by atoms with Crippen molar-refractivity contribution in [1.82, 2.24) is 19.7 Å². The van der Waals surface area contributed by atoms with Crippen LogP contribution in [0.3, 0.4) is 0 Å². The number of hydrogen-bond donors (Lipinski definition) is 5. The minimum Gasteiger partial charge on any atom is -0.491 e. The average molecular weight is 689 g/mol. The molecule has 2 fully saturated rings. The molecular formula is C33H44N4O8S2. The Morgan fingerprint density at radius 2 is 1.70 bits per heavy atom. The van der Waals surface area contributed by atoms with E-state index in [4.69, 9.17) is 14.6 Å². The van der Waals surface area contributed by atoms with Crippen LogP contribution in [0.5, 0.6) is 5.75 Å². The summed E-state index contributed by atoms with van der Waals surface area (Å²) >= 11 is 0. The van der Waals surface area contributed by atoms with Crippen molar-refractivity contribution < 1.29 is 36.5 Å². The molecule has 0 saturated carbocycles. The van der Waals surface area contributed by atoms with Gasteiger partial charge < -0.3 is 30.3 Å².